The fourth-order valence-electron chi connectivity index (χ4n) is 1.18. The Morgan fingerprint density at radius 1 is 1.05 bits per heavy atom. The Morgan fingerprint density at radius 3 is 1.90 bits per heavy atom. The number of benzene rings is 1. The topological polar surface area (TPSA) is 118 Å². The van der Waals surface area contributed by atoms with Crippen molar-refractivity contribution in [1.29, 1.82) is 0 Å². The van der Waals surface area contributed by atoms with Crippen molar-refractivity contribution in [2.75, 3.05) is 0 Å². The summed E-state index contributed by atoms with van der Waals surface area (Å²) >= 11 is 0. The Kier molecular flexibility index (Phi) is 15.2. The summed E-state index contributed by atoms with van der Waals surface area (Å²) in [5.41, 5.74) is 1.13. The van der Waals surface area contributed by atoms with Crippen LogP contribution in [0.1, 0.15) is 38.1 Å². The molecule has 0 atom stereocenters. The van der Waals surface area contributed by atoms with Gasteiger partial charge in [-0.3, -0.25) is 0 Å². The zero-order chi connectivity index (χ0) is 14.0. The summed E-state index contributed by atoms with van der Waals surface area (Å²) in [6.45, 7) is 8.00. The van der Waals surface area contributed by atoms with Crippen LogP contribution in [0.4, 0.5) is 0 Å². The molecule has 20 heavy (non-hydrogen) atoms. The van der Waals surface area contributed by atoms with E-state index in [-0.39, 0.29) is 16.5 Å². The van der Waals surface area contributed by atoms with Gasteiger partial charge in [0, 0.05) is 12.4 Å². The first-order valence-corrected chi connectivity index (χ1v) is 6.11. The maximum absolute atomic E-state index is 10.6. The molecule has 6 nitrogen and oxygen atoms in total. The maximum Gasteiger partial charge on any atom is 0.335 e. The second-order valence-corrected chi connectivity index (χ2v) is 2.80. The van der Waals surface area contributed by atoms with Crippen LogP contribution in [0.2, 0.25) is 0 Å². The van der Waals surface area contributed by atoms with Crippen LogP contribution in [0, 0.1) is 0 Å². The zero-order valence-electron chi connectivity index (χ0n) is 12.3. The smallest absolute Gasteiger partial charge is 0.335 e. The molecule has 2 aromatic rings. The second-order valence-electron chi connectivity index (χ2n) is 2.80. The highest BCUT2D eigenvalue weighted by atomic mass is 16.4. The average molecular weight is 284 g/mol. The van der Waals surface area contributed by atoms with Crippen LogP contribution in [0.5, 0.6) is 0 Å². The van der Waals surface area contributed by atoms with E-state index in [1.54, 1.807) is 41.3 Å². The first-order chi connectivity index (χ1) is 8.77. The monoisotopic (exact) mass is 284 g/mol. The third-order valence-corrected chi connectivity index (χ3v) is 1.88. The van der Waals surface area contributed by atoms with Gasteiger partial charge < -0.3 is 16.1 Å². The van der Waals surface area contributed by atoms with E-state index >= 15 is 0 Å². The lowest BCUT2D eigenvalue weighted by Crippen LogP contribution is -1.98. The van der Waals surface area contributed by atoms with Gasteiger partial charge in [0.2, 0.25) is 0 Å². The van der Waals surface area contributed by atoms with Crippen molar-refractivity contribution in [3.63, 3.8) is 0 Å². The molecule has 0 aliphatic carbocycles. The standard InChI is InChI=1S/C10H8N2O2.2C2H6.2H2O/c13-10(14)8-2-4-9(5-3-8)12-7-1-6-11-12;2*1-2;;/h1-7H,(H,13,14);2*1-2H3;2*1H2. The fraction of sp³-hybridized carbons (Fsp3) is 0.286. The minimum Gasteiger partial charge on any atom is -0.478 e. The lowest BCUT2D eigenvalue weighted by atomic mass is 10.2. The van der Waals surface area contributed by atoms with Gasteiger partial charge in [0.25, 0.3) is 0 Å². The van der Waals surface area contributed by atoms with E-state index in [0.29, 0.717) is 0 Å². The Hall–Kier alpha value is -2.18. The number of hydrogen-bond donors (Lipinski definition) is 1. The minimum absolute atomic E-state index is 0. The SMILES string of the molecule is CC.CC.O.O.O=C(O)c1ccc(-n2cccn2)cc1. The Bertz CT molecular complexity index is 439. The molecule has 0 saturated carbocycles. The van der Waals surface area contributed by atoms with Crippen LogP contribution in [-0.4, -0.2) is 31.8 Å². The molecule has 0 unspecified atom stereocenters. The van der Waals surface area contributed by atoms with Gasteiger partial charge in [-0.1, -0.05) is 27.7 Å². The summed E-state index contributed by atoms with van der Waals surface area (Å²) in [5.74, 6) is -0.919. The first-order valence-electron chi connectivity index (χ1n) is 6.11. The van der Waals surface area contributed by atoms with Gasteiger partial charge >= 0.3 is 5.97 Å². The molecule has 1 aromatic carbocycles. The lowest BCUT2D eigenvalue weighted by molar-refractivity contribution is 0.0697. The molecule has 0 saturated heterocycles. The molecule has 5 N–H and O–H groups in total. The molecule has 1 aromatic heterocycles. The number of carboxylic acids is 1. The van der Waals surface area contributed by atoms with Gasteiger partial charge in [-0.05, 0) is 30.3 Å². The molecule has 2 rings (SSSR count). The highest BCUT2D eigenvalue weighted by Gasteiger charge is 2.02. The van der Waals surface area contributed by atoms with Gasteiger partial charge in [0.05, 0.1) is 11.3 Å². The predicted molar refractivity (Wildman–Crippen MR) is 80.4 cm³/mol. The van der Waals surface area contributed by atoms with Gasteiger partial charge in [-0.15, -0.1) is 0 Å². The summed E-state index contributed by atoms with van der Waals surface area (Å²) in [5, 5.41) is 12.7. The lowest BCUT2D eigenvalue weighted by Gasteiger charge is -2.00. The van der Waals surface area contributed by atoms with Crippen molar-refractivity contribution >= 4 is 5.97 Å². The van der Waals surface area contributed by atoms with E-state index in [1.807, 2.05) is 33.8 Å². The summed E-state index contributed by atoms with van der Waals surface area (Å²) in [4.78, 5) is 10.6. The number of carbonyl (C=O) groups is 1. The fourth-order valence-corrected chi connectivity index (χ4v) is 1.18. The van der Waals surface area contributed by atoms with Crippen molar-refractivity contribution < 1.29 is 20.9 Å². The number of aromatic nitrogens is 2. The molecule has 0 aliphatic rings. The maximum atomic E-state index is 10.6. The molecule has 0 bridgehead atoms. The quantitative estimate of drug-likeness (QED) is 0.907. The molecular weight excluding hydrogens is 260 g/mol. The summed E-state index contributed by atoms with van der Waals surface area (Å²) in [7, 11) is 0. The zero-order valence-corrected chi connectivity index (χ0v) is 12.3. The molecule has 0 aliphatic heterocycles. The van der Waals surface area contributed by atoms with E-state index in [4.69, 9.17) is 5.11 Å². The van der Waals surface area contributed by atoms with Crippen molar-refractivity contribution in [3.05, 3.63) is 48.3 Å². The normalized spacial score (nSPS) is 7.60. The van der Waals surface area contributed by atoms with Crippen LogP contribution in [-0.2, 0) is 0 Å². The third kappa shape index (κ3) is 6.67. The molecule has 0 radical (unpaired) electrons. The highest BCUT2D eigenvalue weighted by Crippen LogP contribution is 2.08. The van der Waals surface area contributed by atoms with Crippen molar-refractivity contribution in [1.82, 2.24) is 9.78 Å². The van der Waals surface area contributed by atoms with Crippen molar-refractivity contribution in [2.45, 2.75) is 27.7 Å². The Morgan fingerprint density at radius 2 is 1.55 bits per heavy atom. The van der Waals surface area contributed by atoms with E-state index in [1.165, 1.54) is 0 Å². The third-order valence-electron chi connectivity index (χ3n) is 1.88. The number of rotatable bonds is 2. The van der Waals surface area contributed by atoms with Gasteiger partial charge in [0.15, 0.2) is 0 Å². The van der Waals surface area contributed by atoms with Crippen LogP contribution in [0.15, 0.2) is 42.7 Å². The molecular formula is C14H24N2O4. The highest BCUT2D eigenvalue weighted by molar-refractivity contribution is 5.87. The minimum atomic E-state index is -0.919. The number of carboxylic acid groups (broad SMARTS) is 1. The van der Waals surface area contributed by atoms with Crippen LogP contribution in [0.25, 0.3) is 5.69 Å². The van der Waals surface area contributed by atoms with Gasteiger partial charge in [-0.2, -0.15) is 5.10 Å². The van der Waals surface area contributed by atoms with E-state index in [2.05, 4.69) is 5.10 Å². The summed E-state index contributed by atoms with van der Waals surface area (Å²) in [6.07, 6.45) is 3.47. The number of nitrogens with zero attached hydrogens (tertiary/aromatic N) is 2. The summed E-state index contributed by atoms with van der Waals surface area (Å²) < 4.78 is 1.67. The Labute approximate surface area is 119 Å². The number of hydrogen-bond acceptors (Lipinski definition) is 2. The van der Waals surface area contributed by atoms with Crippen LogP contribution < -0.4 is 0 Å². The molecule has 114 valence electrons. The molecule has 1 heterocycles. The molecule has 0 fully saturated rings. The largest absolute Gasteiger partial charge is 0.478 e. The second kappa shape index (κ2) is 13.3. The Balaban J connectivity index is -0.000000444. The van der Waals surface area contributed by atoms with Gasteiger partial charge in [-0.25, -0.2) is 9.48 Å². The van der Waals surface area contributed by atoms with E-state index in [9.17, 15) is 4.79 Å². The predicted octanol–water partition coefficient (Wildman–Crippen LogP) is 1.97. The van der Waals surface area contributed by atoms with E-state index in [0.717, 1.165) is 5.69 Å². The average Bonchev–Trinajstić information content (AvgIpc) is 2.97. The van der Waals surface area contributed by atoms with Crippen LogP contribution in [0.3, 0.4) is 0 Å². The summed E-state index contributed by atoms with van der Waals surface area (Å²) in [6, 6.07) is 8.36. The van der Waals surface area contributed by atoms with Crippen LogP contribution >= 0.6 is 0 Å². The number of aromatic carboxylic acids is 1. The first kappa shape index (κ1) is 23.0. The van der Waals surface area contributed by atoms with Crippen molar-refractivity contribution in [2.24, 2.45) is 0 Å². The molecule has 6 heteroatoms. The molecule has 0 spiro atoms. The molecule has 0 amide bonds. The van der Waals surface area contributed by atoms with Gasteiger partial charge in [0.1, 0.15) is 0 Å². The van der Waals surface area contributed by atoms with E-state index < -0.39 is 5.97 Å². The van der Waals surface area contributed by atoms with Crippen molar-refractivity contribution in [3.8, 4) is 5.69 Å².